The van der Waals surface area contributed by atoms with E-state index in [4.69, 9.17) is 0 Å². The van der Waals surface area contributed by atoms with Crippen LogP contribution in [0.2, 0.25) is 0 Å². The first kappa shape index (κ1) is 98.9. The van der Waals surface area contributed by atoms with Gasteiger partial charge in [0.25, 0.3) is 0 Å². The van der Waals surface area contributed by atoms with Gasteiger partial charge < -0.3 is 45.3 Å². The summed E-state index contributed by atoms with van der Waals surface area (Å²) < 4.78 is 86.7. The van der Waals surface area contributed by atoms with Gasteiger partial charge in [-0.05, 0) is 225 Å². The number of nitrogens with zero attached hydrogens (tertiary/aromatic N) is 9. The van der Waals surface area contributed by atoms with Gasteiger partial charge in [0.2, 0.25) is 47.8 Å². The van der Waals surface area contributed by atoms with Gasteiger partial charge in [0, 0.05) is 79.3 Å². The van der Waals surface area contributed by atoms with Gasteiger partial charge in [-0.3, -0.25) is 29.3 Å². The van der Waals surface area contributed by atoms with E-state index in [1.54, 1.807) is 110 Å². The van der Waals surface area contributed by atoms with Crippen LogP contribution in [0.5, 0.6) is 17.2 Å². The lowest BCUT2D eigenvalue weighted by atomic mass is 9.84. The van der Waals surface area contributed by atoms with Gasteiger partial charge in [-0.2, -0.15) is 12.9 Å². The van der Waals surface area contributed by atoms with Crippen molar-refractivity contribution in [1.29, 1.82) is 0 Å². The van der Waals surface area contributed by atoms with Crippen LogP contribution >= 0.6 is 0 Å². The molecule has 0 spiro atoms. The number of aromatic hydroxyl groups is 3. The van der Waals surface area contributed by atoms with E-state index in [1.165, 1.54) is 180 Å². The van der Waals surface area contributed by atoms with Crippen molar-refractivity contribution in [3.63, 3.8) is 0 Å². The summed E-state index contributed by atoms with van der Waals surface area (Å²) in [7, 11) is -12.3. The predicted molar refractivity (Wildman–Crippen MR) is 515 cm³/mol. The Bertz CT molecular complexity index is 5830. The van der Waals surface area contributed by atoms with Gasteiger partial charge in [-0.25, -0.2) is 39.6 Å². The smallest absolute Gasteiger partial charge is 0.339 e. The SMILES string of the molecule is Cc1ccc(S(=O)(=O)N(CC(=O)N(Cc2ccc(C3CCCCC3)cc2)c2ccc(C(=O)O)c(O)c2)Cc2ccccn2)cc1.Cc1ccc(S(=O)(=O)N(CC(=O)N(Cc2ccc(C3CCCCC3)cc2)c2ccc(C(=O)O)c(O)c2)Cc2cccnc2)cc1.Cc1ccc(S(=O)(=O)N(CC(=O)N(Cc2ccc(C3CCCCC3)cc2)c2ccc(C(=O)O)c(O)c2)Cc2ccncc2)cc1. The first-order valence-corrected chi connectivity index (χ1v) is 49.4. The lowest BCUT2D eigenvalue weighted by Gasteiger charge is -2.28. The second-order valence-corrected chi connectivity index (χ2v) is 40.3. The number of amides is 3. The van der Waals surface area contributed by atoms with Gasteiger partial charge in [0.1, 0.15) is 33.9 Å². The zero-order chi connectivity index (χ0) is 95.9. The first-order valence-electron chi connectivity index (χ1n) is 45.1. The van der Waals surface area contributed by atoms with Crippen LogP contribution in [0.1, 0.15) is 212 Å². The number of carboxylic acid groups (broad SMARTS) is 3. The minimum absolute atomic E-state index is 0.0464. The highest BCUT2D eigenvalue weighted by Crippen LogP contribution is 2.39. The van der Waals surface area contributed by atoms with Crippen molar-refractivity contribution in [2.24, 2.45) is 0 Å². The van der Waals surface area contributed by atoms with E-state index in [9.17, 15) is 84.7 Å². The Balaban J connectivity index is 0.000000171. The lowest BCUT2D eigenvalue weighted by molar-refractivity contribution is -0.119. The van der Waals surface area contributed by atoms with Crippen LogP contribution in [0.25, 0.3) is 0 Å². The molecule has 0 radical (unpaired) electrons. The van der Waals surface area contributed by atoms with Gasteiger partial charge in [-0.15, -0.1) is 0 Å². The van der Waals surface area contributed by atoms with Crippen LogP contribution in [0, 0.1) is 20.8 Å². The van der Waals surface area contributed by atoms with Crippen molar-refractivity contribution in [3.05, 3.63) is 357 Å². The average molecular weight is 1880 g/mol. The molecular formula is C105H111N9O18S3. The fourth-order valence-electron chi connectivity index (χ4n) is 17.1. The van der Waals surface area contributed by atoms with E-state index in [0.717, 1.165) is 84.8 Å². The number of aromatic carboxylic acids is 3. The number of hydrogen-bond acceptors (Lipinski definition) is 18. The van der Waals surface area contributed by atoms with Crippen LogP contribution in [0.3, 0.4) is 0 Å². The molecule has 3 aliphatic carbocycles. The van der Waals surface area contributed by atoms with E-state index in [1.807, 2.05) is 57.2 Å². The second-order valence-electron chi connectivity index (χ2n) is 34.5. The van der Waals surface area contributed by atoms with E-state index in [2.05, 4.69) is 51.4 Å². The molecule has 3 fully saturated rings. The Kier molecular flexibility index (Phi) is 33.6. The van der Waals surface area contributed by atoms with Crippen LogP contribution in [-0.4, -0.2) is 139 Å². The summed E-state index contributed by atoms with van der Waals surface area (Å²) in [6.45, 7) is 3.99. The molecule has 702 valence electrons. The van der Waals surface area contributed by atoms with E-state index < -0.39 is 103 Å². The molecule has 6 N–H and O–H groups in total. The van der Waals surface area contributed by atoms with Crippen molar-refractivity contribution in [3.8, 4) is 17.2 Å². The monoisotopic (exact) mass is 1880 g/mol. The van der Waals surface area contributed by atoms with Crippen LogP contribution in [0.15, 0.2) is 288 Å². The Morgan fingerprint density at radius 2 is 0.622 bits per heavy atom. The highest BCUT2D eigenvalue weighted by Gasteiger charge is 2.35. The zero-order valence-electron chi connectivity index (χ0n) is 75.5. The Morgan fingerprint density at radius 1 is 0.311 bits per heavy atom. The fourth-order valence-corrected chi connectivity index (χ4v) is 21.3. The molecule has 3 aliphatic rings. The number of aromatic nitrogens is 3. The molecule has 0 bridgehead atoms. The molecule has 135 heavy (non-hydrogen) atoms. The van der Waals surface area contributed by atoms with Crippen molar-refractivity contribution in [2.75, 3.05) is 34.3 Å². The zero-order valence-corrected chi connectivity index (χ0v) is 78.0. The molecule has 3 saturated carbocycles. The number of phenols is 3. The number of anilines is 3. The Morgan fingerprint density at radius 3 is 0.911 bits per heavy atom. The number of hydrogen-bond donors (Lipinski definition) is 6. The van der Waals surface area contributed by atoms with Crippen molar-refractivity contribution in [2.45, 2.75) is 189 Å². The molecule has 15 rings (SSSR count). The van der Waals surface area contributed by atoms with Gasteiger partial charge in [0.05, 0.1) is 66.2 Å². The van der Waals surface area contributed by atoms with Crippen molar-refractivity contribution in [1.82, 2.24) is 27.9 Å². The van der Waals surface area contributed by atoms with Crippen LogP contribution < -0.4 is 14.7 Å². The molecule has 9 aromatic carbocycles. The summed E-state index contributed by atoms with van der Waals surface area (Å²) in [5.74, 6) is -5.50. The number of benzene rings is 9. The minimum atomic E-state index is -4.13. The highest BCUT2D eigenvalue weighted by atomic mass is 32.2. The summed E-state index contributed by atoms with van der Waals surface area (Å²) in [6.07, 6.45) is 25.8. The third-order valence-electron chi connectivity index (χ3n) is 24.8. The summed E-state index contributed by atoms with van der Waals surface area (Å²) in [5.41, 5.74) is 10.4. The number of carboxylic acids is 3. The number of sulfonamides is 3. The molecule has 0 aliphatic heterocycles. The quantitative estimate of drug-likeness (QED) is 0.0222. The van der Waals surface area contributed by atoms with E-state index in [0.29, 0.717) is 34.6 Å². The van der Waals surface area contributed by atoms with Gasteiger partial charge >= 0.3 is 17.9 Å². The predicted octanol–water partition coefficient (Wildman–Crippen LogP) is 18.8. The topological polar surface area (TPSA) is 384 Å². The van der Waals surface area contributed by atoms with Gasteiger partial charge in [0.15, 0.2) is 0 Å². The maximum absolute atomic E-state index is 14.1. The lowest BCUT2D eigenvalue weighted by Crippen LogP contribution is -2.42. The number of carbonyl (C=O) groups excluding carboxylic acids is 3. The largest absolute Gasteiger partial charge is 0.507 e. The minimum Gasteiger partial charge on any atom is -0.507 e. The van der Waals surface area contributed by atoms with Crippen LogP contribution in [-0.2, 0) is 83.7 Å². The van der Waals surface area contributed by atoms with E-state index in [-0.39, 0.29) is 87.7 Å². The summed E-state index contributed by atoms with van der Waals surface area (Å²) in [4.78, 5) is 93.7. The summed E-state index contributed by atoms with van der Waals surface area (Å²) in [6, 6.07) is 67.2. The van der Waals surface area contributed by atoms with Crippen molar-refractivity contribution < 1.29 is 84.7 Å². The maximum atomic E-state index is 14.1. The Hall–Kier alpha value is -13.6. The van der Waals surface area contributed by atoms with E-state index >= 15 is 0 Å². The molecule has 30 heteroatoms. The maximum Gasteiger partial charge on any atom is 0.339 e. The molecule has 27 nitrogen and oxygen atoms in total. The summed E-state index contributed by atoms with van der Waals surface area (Å²) >= 11 is 0. The van der Waals surface area contributed by atoms with Crippen LogP contribution in [0.4, 0.5) is 17.1 Å². The third-order valence-corrected chi connectivity index (χ3v) is 30.2. The molecule has 3 aromatic heterocycles. The average Bonchev–Trinajstić information content (AvgIpc) is 0.797. The van der Waals surface area contributed by atoms with Crippen molar-refractivity contribution >= 4 is 82.8 Å². The standard InChI is InChI=1S/3C35H37N3O6S/c1-25-9-16-31(17-10-25)45(43,44)37(22-27-6-5-19-36-21-27)24-34(40)38(30-15-18-32(35(41)42)33(39)20-30)23-26-11-13-29(14-12-26)28-7-3-2-4-8-28;1-25-10-17-31(18-11-25)45(43,44)37(23-29-9-5-6-20-36-29)24-34(40)38(30-16-19-32(35(41)42)33(39)21-30)22-26-12-14-28(15-13-26)27-7-3-2-4-8-27;1-25-7-14-31(15-8-25)45(43,44)37(22-27-17-19-36-20-18-27)24-34(40)38(30-13-16-32(35(41)42)33(39)21-30)23-26-9-11-29(12-10-26)28-5-3-2-4-6-28/h5-6,9-21,28,39H,2-4,7-8,22-24H2,1H3,(H,41,42);5-6,9-21,27,39H,2-4,7-8,22-24H2,1H3,(H,41,42);7-21,28,39H,2-6,22-24H2,1H3,(H,41,42). The molecular weight excluding hydrogens is 1770 g/mol. The second kappa shape index (κ2) is 45.9. The molecule has 0 saturated heterocycles. The first-order chi connectivity index (χ1) is 64.8. The number of rotatable bonds is 33. The fraction of sp³-hybridized carbons (Fsp3) is 0.286. The molecule has 3 amide bonds. The molecule has 0 atom stereocenters. The number of pyridine rings is 3. The number of aryl methyl sites for hydroxylation is 3. The number of carbonyl (C=O) groups is 6. The highest BCUT2D eigenvalue weighted by molar-refractivity contribution is 7.89. The molecule has 3 heterocycles. The third kappa shape index (κ3) is 26.3. The molecule has 12 aromatic rings. The normalized spacial score (nSPS) is 13.9. The van der Waals surface area contributed by atoms with Gasteiger partial charge in [-0.1, -0.05) is 196 Å². The Labute approximate surface area is 787 Å². The molecule has 0 unspecified atom stereocenters. The summed E-state index contributed by atoms with van der Waals surface area (Å²) in [5, 5.41) is 59.7.